The summed E-state index contributed by atoms with van der Waals surface area (Å²) in [6, 6.07) is 0. The second kappa shape index (κ2) is 3.88. The van der Waals surface area contributed by atoms with Crippen molar-refractivity contribution in [1.82, 2.24) is 0 Å². The van der Waals surface area contributed by atoms with Gasteiger partial charge >= 0.3 is 0 Å². The topological polar surface area (TPSA) is 12.4 Å². The van der Waals surface area contributed by atoms with Crippen molar-refractivity contribution in [2.24, 2.45) is 4.99 Å². The molecule has 0 bridgehead atoms. The van der Waals surface area contributed by atoms with Crippen molar-refractivity contribution in [3.8, 4) is 0 Å². The predicted octanol–water partition coefficient (Wildman–Crippen LogP) is 1.83. The van der Waals surface area contributed by atoms with Crippen molar-refractivity contribution in [2.45, 2.75) is 6.92 Å². The molecule has 0 amide bonds. The van der Waals surface area contributed by atoms with Crippen LogP contribution in [-0.4, -0.2) is 12.8 Å². The summed E-state index contributed by atoms with van der Waals surface area (Å²) in [5, 5.41) is 0.488. The van der Waals surface area contributed by atoms with Crippen LogP contribution in [0.2, 0.25) is 0 Å². The van der Waals surface area contributed by atoms with Crippen LogP contribution in [0.5, 0.6) is 0 Å². The molecule has 0 spiro atoms. The minimum Gasteiger partial charge on any atom is -0.292 e. The second-order valence-corrected chi connectivity index (χ2v) is 1.56. The van der Waals surface area contributed by atoms with Crippen molar-refractivity contribution in [2.75, 3.05) is 6.54 Å². The average Bonchev–Trinajstić information content (AvgIpc) is 1.61. The Morgan fingerprint density at radius 3 is 2.71 bits per heavy atom. The Labute approximate surface area is 48.7 Å². The largest absolute Gasteiger partial charge is 0.292 e. The standard InChI is InChI=1S/C5H8ClN/c1-3-7-4-5(2)6/h4H,2-3H2,1H3/b7-4-. The van der Waals surface area contributed by atoms with Crippen LogP contribution in [-0.2, 0) is 0 Å². The maximum Gasteiger partial charge on any atom is 0.0512 e. The molecule has 0 aliphatic heterocycles. The summed E-state index contributed by atoms with van der Waals surface area (Å²) in [5.41, 5.74) is 0. The van der Waals surface area contributed by atoms with Gasteiger partial charge in [-0.2, -0.15) is 0 Å². The van der Waals surface area contributed by atoms with E-state index in [1.54, 1.807) is 6.21 Å². The number of hydrogen-bond donors (Lipinski definition) is 0. The van der Waals surface area contributed by atoms with Gasteiger partial charge in [0.25, 0.3) is 0 Å². The minimum absolute atomic E-state index is 0.488. The third-order valence-electron chi connectivity index (χ3n) is 0.414. The lowest BCUT2D eigenvalue weighted by Crippen LogP contribution is -1.71. The van der Waals surface area contributed by atoms with Crippen LogP contribution in [0.1, 0.15) is 6.92 Å². The monoisotopic (exact) mass is 117 g/mol. The van der Waals surface area contributed by atoms with Gasteiger partial charge in [-0.1, -0.05) is 18.2 Å². The summed E-state index contributed by atoms with van der Waals surface area (Å²) in [5.74, 6) is 0. The van der Waals surface area contributed by atoms with E-state index < -0.39 is 0 Å². The van der Waals surface area contributed by atoms with Crippen LogP contribution in [0.4, 0.5) is 0 Å². The van der Waals surface area contributed by atoms with Crippen molar-refractivity contribution >= 4 is 17.8 Å². The van der Waals surface area contributed by atoms with Crippen LogP contribution >= 0.6 is 11.6 Å². The normalized spacial score (nSPS) is 10.0. The first-order valence-electron chi connectivity index (χ1n) is 2.11. The summed E-state index contributed by atoms with van der Waals surface area (Å²) in [4.78, 5) is 3.81. The first kappa shape index (κ1) is 6.70. The highest BCUT2D eigenvalue weighted by molar-refractivity contribution is 6.38. The van der Waals surface area contributed by atoms with E-state index in [2.05, 4.69) is 11.6 Å². The number of hydrogen-bond acceptors (Lipinski definition) is 1. The Kier molecular flexibility index (Phi) is 3.71. The SMILES string of the molecule is C=C(Cl)/C=N\CC. The molecule has 0 saturated heterocycles. The molecule has 0 saturated carbocycles. The smallest absolute Gasteiger partial charge is 0.0512 e. The highest BCUT2D eigenvalue weighted by Crippen LogP contribution is 1.88. The lowest BCUT2D eigenvalue weighted by atomic mass is 10.7. The molecule has 0 rings (SSSR count). The molecule has 0 unspecified atom stereocenters. The predicted molar refractivity (Wildman–Crippen MR) is 34.0 cm³/mol. The minimum atomic E-state index is 0.488. The van der Waals surface area contributed by atoms with Crippen LogP contribution in [0.3, 0.4) is 0 Å². The molecule has 0 aromatic rings. The number of nitrogens with zero attached hydrogens (tertiary/aromatic N) is 1. The summed E-state index contributed by atoms with van der Waals surface area (Å²) >= 11 is 5.31. The van der Waals surface area contributed by atoms with Gasteiger partial charge < -0.3 is 0 Å². The fourth-order valence-electron chi connectivity index (χ4n) is 0.190. The molecule has 0 aliphatic carbocycles. The van der Waals surface area contributed by atoms with Crippen molar-refractivity contribution < 1.29 is 0 Å². The zero-order chi connectivity index (χ0) is 5.70. The average molecular weight is 118 g/mol. The molecule has 0 atom stereocenters. The second-order valence-electron chi connectivity index (χ2n) is 1.07. The lowest BCUT2D eigenvalue weighted by molar-refractivity contribution is 1.14. The van der Waals surface area contributed by atoms with Gasteiger partial charge in [0.15, 0.2) is 0 Å². The highest BCUT2D eigenvalue weighted by atomic mass is 35.5. The van der Waals surface area contributed by atoms with Gasteiger partial charge in [-0.25, -0.2) is 0 Å². The molecule has 0 aliphatic rings. The van der Waals surface area contributed by atoms with E-state index in [4.69, 9.17) is 11.6 Å². The highest BCUT2D eigenvalue weighted by Gasteiger charge is 1.71. The summed E-state index contributed by atoms with van der Waals surface area (Å²) in [6.45, 7) is 6.12. The fourth-order valence-corrected chi connectivity index (χ4v) is 0.259. The Morgan fingerprint density at radius 1 is 2.00 bits per heavy atom. The van der Waals surface area contributed by atoms with Crippen molar-refractivity contribution in [3.63, 3.8) is 0 Å². The van der Waals surface area contributed by atoms with Gasteiger partial charge in [0, 0.05) is 12.8 Å². The van der Waals surface area contributed by atoms with Gasteiger partial charge in [-0.15, -0.1) is 0 Å². The van der Waals surface area contributed by atoms with Gasteiger partial charge in [-0.3, -0.25) is 4.99 Å². The van der Waals surface area contributed by atoms with Crippen molar-refractivity contribution in [1.29, 1.82) is 0 Å². The van der Waals surface area contributed by atoms with E-state index in [-0.39, 0.29) is 0 Å². The van der Waals surface area contributed by atoms with E-state index in [1.165, 1.54) is 0 Å². The molecule has 40 valence electrons. The maximum absolute atomic E-state index is 5.31. The number of rotatable bonds is 2. The van der Waals surface area contributed by atoms with Crippen molar-refractivity contribution in [3.05, 3.63) is 11.6 Å². The Hall–Kier alpha value is -0.300. The third kappa shape index (κ3) is 5.70. The molecule has 0 aromatic carbocycles. The van der Waals surface area contributed by atoms with E-state index in [0.29, 0.717) is 5.03 Å². The summed E-state index contributed by atoms with van der Waals surface area (Å²) < 4.78 is 0. The van der Waals surface area contributed by atoms with Crippen LogP contribution in [0, 0.1) is 0 Å². The van der Waals surface area contributed by atoms with E-state index in [1.807, 2.05) is 6.92 Å². The molecule has 0 N–H and O–H groups in total. The molecular formula is C5H8ClN. The van der Waals surface area contributed by atoms with Gasteiger partial charge in [0.05, 0.1) is 5.03 Å². The van der Waals surface area contributed by atoms with Crippen LogP contribution in [0.25, 0.3) is 0 Å². The third-order valence-corrected chi connectivity index (χ3v) is 0.512. The molecule has 1 nitrogen and oxygen atoms in total. The zero-order valence-electron chi connectivity index (χ0n) is 4.32. The number of aliphatic imine (C=N–C) groups is 1. The first-order chi connectivity index (χ1) is 3.27. The Balaban J connectivity index is 3.26. The van der Waals surface area contributed by atoms with E-state index in [9.17, 15) is 0 Å². The summed E-state index contributed by atoms with van der Waals surface area (Å²) in [6.07, 6.45) is 1.54. The maximum atomic E-state index is 5.31. The molecule has 0 heterocycles. The molecular weight excluding hydrogens is 110 g/mol. The van der Waals surface area contributed by atoms with Gasteiger partial charge in [-0.05, 0) is 6.92 Å². The Bertz CT molecular complexity index is 86.1. The van der Waals surface area contributed by atoms with E-state index in [0.717, 1.165) is 6.54 Å². The molecule has 7 heavy (non-hydrogen) atoms. The molecule has 0 aromatic heterocycles. The lowest BCUT2D eigenvalue weighted by Gasteiger charge is -1.77. The first-order valence-corrected chi connectivity index (χ1v) is 2.49. The number of allylic oxidation sites excluding steroid dienone is 1. The number of halogens is 1. The van der Waals surface area contributed by atoms with Gasteiger partial charge in [0.1, 0.15) is 0 Å². The molecule has 0 fully saturated rings. The van der Waals surface area contributed by atoms with E-state index >= 15 is 0 Å². The van der Waals surface area contributed by atoms with Crippen LogP contribution in [0.15, 0.2) is 16.6 Å². The molecule has 0 radical (unpaired) electrons. The summed E-state index contributed by atoms with van der Waals surface area (Å²) in [7, 11) is 0. The van der Waals surface area contributed by atoms with Gasteiger partial charge in [0.2, 0.25) is 0 Å². The zero-order valence-corrected chi connectivity index (χ0v) is 5.07. The quantitative estimate of drug-likeness (QED) is 0.490. The Morgan fingerprint density at radius 2 is 2.57 bits per heavy atom. The molecule has 2 heteroatoms. The fraction of sp³-hybridized carbons (Fsp3) is 0.400. The van der Waals surface area contributed by atoms with Crippen LogP contribution < -0.4 is 0 Å².